The minimum absolute atomic E-state index is 0.0706. The second kappa shape index (κ2) is 9.30. The van der Waals surface area contributed by atoms with E-state index in [1.807, 2.05) is 0 Å². The number of piperidine rings is 1. The zero-order valence-electron chi connectivity index (χ0n) is 17.6. The molecular formula is C24H23F3N4O. The van der Waals surface area contributed by atoms with E-state index < -0.39 is 11.6 Å². The Hall–Kier alpha value is -3.55. The molecule has 166 valence electrons. The van der Waals surface area contributed by atoms with Crippen molar-refractivity contribution in [3.63, 3.8) is 0 Å². The van der Waals surface area contributed by atoms with Gasteiger partial charge in [-0.05, 0) is 60.4 Å². The summed E-state index contributed by atoms with van der Waals surface area (Å²) in [6.45, 7) is 1.44. The van der Waals surface area contributed by atoms with Gasteiger partial charge in [-0.25, -0.2) is 22.9 Å². The van der Waals surface area contributed by atoms with E-state index >= 15 is 0 Å². The molecule has 0 atom stereocenters. The number of hydrogen-bond donors (Lipinski definition) is 1. The number of nitrogens with one attached hydrogen (secondary N) is 1. The lowest BCUT2D eigenvalue weighted by Gasteiger charge is -2.37. The highest BCUT2D eigenvalue weighted by atomic mass is 19.1. The monoisotopic (exact) mass is 440 g/mol. The maximum atomic E-state index is 13.4. The lowest BCUT2D eigenvalue weighted by molar-refractivity contribution is 0.193. The molecule has 0 saturated carbocycles. The standard InChI is InChI=1S/C24H23F3N4O/c1-30(22-8-10-31(11-9-22)23-7-4-18(25)15-28-23)24(32)29-21-5-2-16(3-6-21)17-12-19(26)14-20(27)13-17/h2-7,12-15,22H,8-11H2,1H3,(H,29,32). The lowest BCUT2D eigenvalue weighted by Crippen LogP contribution is -2.47. The van der Waals surface area contributed by atoms with Gasteiger partial charge in [-0.15, -0.1) is 0 Å². The van der Waals surface area contributed by atoms with Crippen LogP contribution in [0.4, 0.5) is 29.5 Å². The molecule has 0 aliphatic carbocycles. The van der Waals surface area contributed by atoms with Crippen molar-refractivity contribution >= 4 is 17.5 Å². The third kappa shape index (κ3) is 5.01. The molecular weight excluding hydrogens is 417 g/mol. The van der Waals surface area contributed by atoms with E-state index in [9.17, 15) is 18.0 Å². The number of halogens is 3. The second-order valence-corrected chi connectivity index (χ2v) is 7.83. The van der Waals surface area contributed by atoms with Crippen LogP contribution < -0.4 is 10.2 Å². The van der Waals surface area contributed by atoms with Gasteiger partial charge in [0.25, 0.3) is 0 Å². The van der Waals surface area contributed by atoms with Crippen LogP contribution in [0.15, 0.2) is 60.8 Å². The van der Waals surface area contributed by atoms with E-state index in [4.69, 9.17) is 0 Å². The highest BCUT2D eigenvalue weighted by molar-refractivity contribution is 5.89. The first kappa shape index (κ1) is 21.7. The molecule has 1 aromatic heterocycles. The van der Waals surface area contributed by atoms with E-state index in [1.54, 1.807) is 42.3 Å². The van der Waals surface area contributed by atoms with E-state index in [-0.39, 0.29) is 17.9 Å². The number of hydrogen-bond acceptors (Lipinski definition) is 3. The molecule has 8 heteroatoms. The number of pyridine rings is 1. The number of carbonyl (C=O) groups is 1. The van der Waals surface area contributed by atoms with Gasteiger partial charge in [0.1, 0.15) is 23.3 Å². The molecule has 0 unspecified atom stereocenters. The highest BCUT2D eigenvalue weighted by Gasteiger charge is 2.26. The first-order valence-electron chi connectivity index (χ1n) is 10.4. The van der Waals surface area contributed by atoms with Crippen molar-refractivity contribution in [1.82, 2.24) is 9.88 Å². The predicted octanol–water partition coefficient (Wildman–Crippen LogP) is 5.30. The van der Waals surface area contributed by atoms with Crippen LogP contribution >= 0.6 is 0 Å². The topological polar surface area (TPSA) is 48.5 Å². The summed E-state index contributed by atoms with van der Waals surface area (Å²) in [7, 11) is 1.76. The van der Waals surface area contributed by atoms with Gasteiger partial charge < -0.3 is 15.1 Å². The van der Waals surface area contributed by atoms with Crippen molar-refractivity contribution < 1.29 is 18.0 Å². The largest absolute Gasteiger partial charge is 0.356 e. The minimum Gasteiger partial charge on any atom is -0.356 e. The molecule has 1 fully saturated rings. The van der Waals surface area contributed by atoms with Crippen LogP contribution in [-0.4, -0.2) is 42.1 Å². The zero-order valence-corrected chi connectivity index (χ0v) is 17.6. The Morgan fingerprint density at radius 2 is 1.59 bits per heavy atom. The summed E-state index contributed by atoms with van der Waals surface area (Å²) in [5, 5.41) is 2.86. The second-order valence-electron chi connectivity index (χ2n) is 7.83. The fourth-order valence-electron chi connectivity index (χ4n) is 3.88. The molecule has 3 aromatic rings. The Kier molecular flexibility index (Phi) is 6.30. The third-order valence-corrected chi connectivity index (χ3v) is 5.70. The van der Waals surface area contributed by atoms with E-state index in [1.165, 1.54) is 24.4 Å². The summed E-state index contributed by atoms with van der Waals surface area (Å²) in [5.74, 6) is -0.910. The normalized spacial score (nSPS) is 14.3. The van der Waals surface area contributed by atoms with Crippen LogP contribution in [-0.2, 0) is 0 Å². The van der Waals surface area contributed by atoms with Crippen molar-refractivity contribution in [2.75, 3.05) is 30.4 Å². The molecule has 0 spiro atoms. The summed E-state index contributed by atoms with van der Waals surface area (Å²) >= 11 is 0. The maximum Gasteiger partial charge on any atom is 0.321 e. The maximum absolute atomic E-state index is 13.4. The predicted molar refractivity (Wildman–Crippen MR) is 118 cm³/mol. The van der Waals surface area contributed by atoms with Crippen molar-refractivity contribution in [2.24, 2.45) is 0 Å². The summed E-state index contributed by atoms with van der Waals surface area (Å²) in [6.07, 6.45) is 2.75. The molecule has 2 amide bonds. The Morgan fingerprint density at radius 3 is 2.19 bits per heavy atom. The minimum atomic E-state index is -0.639. The van der Waals surface area contributed by atoms with E-state index in [0.29, 0.717) is 16.8 Å². The summed E-state index contributed by atoms with van der Waals surface area (Å²) in [4.78, 5) is 20.6. The van der Waals surface area contributed by atoms with Crippen LogP contribution in [0.2, 0.25) is 0 Å². The number of amides is 2. The first-order chi connectivity index (χ1) is 15.4. The third-order valence-electron chi connectivity index (χ3n) is 5.70. The van der Waals surface area contributed by atoms with Crippen LogP contribution in [0.25, 0.3) is 11.1 Å². The number of aromatic nitrogens is 1. The fourth-order valence-corrected chi connectivity index (χ4v) is 3.88. The average molecular weight is 440 g/mol. The van der Waals surface area contributed by atoms with Gasteiger partial charge in [0.15, 0.2) is 0 Å². The lowest BCUT2D eigenvalue weighted by atomic mass is 10.0. The molecule has 0 radical (unpaired) electrons. The number of anilines is 2. The zero-order chi connectivity index (χ0) is 22.7. The fraction of sp³-hybridized carbons (Fsp3) is 0.250. The highest BCUT2D eigenvalue weighted by Crippen LogP contribution is 2.24. The molecule has 2 aromatic carbocycles. The quantitative estimate of drug-likeness (QED) is 0.599. The van der Waals surface area contributed by atoms with Crippen molar-refractivity contribution in [2.45, 2.75) is 18.9 Å². The average Bonchev–Trinajstić information content (AvgIpc) is 2.79. The van der Waals surface area contributed by atoms with Gasteiger partial charge >= 0.3 is 6.03 Å². The first-order valence-corrected chi connectivity index (χ1v) is 10.4. The molecule has 2 heterocycles. The Balaban J connectivity index is 1.33. The molecule has 1 aliphatic rings. The van der Waals surface area contributed by atoms with Gasteiger partial charge in [-0.1, -0.05) is 12.1 Å². The van der Waals surface area contributed by atoms with Gasteiger partial charge in [0.05, 0.1) is 6.20 Å². The van der Waals surface area contributed by atoms with Crippen LogP contribution in [0.3, 0.4) is 0 Å². The van der Waals surface area contributed by atoms with Crippen LogP contribution in [0, 0.1) is 17.5 Å². The number of carbonyl (C=O) groups excluding carboxylic acids is 1. The Morgan fingerprint density at radius 1 is 0.938 bits per heavy atom. The van der Waals surface area contributed by atoms with Gasteiger partial charge in [0.2, 0.25) is 0 Å². The Labute approximate surface area is 184 Å². The molecule has 4 rings (SSSR count). The number of rotatable bonds is 4. The molecule has 0 bridgehead atoms. The Bertz CT molecular complexity index is 1060. The SMILES string of the molecule is CN(C(=O)Nc1ccc(-c2cc(F)cc(F)c2)cc1)C1CCN(c2ccc(F)cn2)CC1. The van der Waals surface area contributed by atoms with Crippen LogP contribution in [0.5, 0.6) is 0 Å². The summed E-state index contributed by atoms with van der Waals surface area (Å²) < 4.78 is 40.0. The molecule has 1 saturated heterocycles. The molecule has 5 nitrogen and oxygen atoms in total. The van der Waals surface area contributed by atoms with Crippen molar-refractivity contribution in [1.29, 1.82) is 0 Å². The summed E-state index contributed by atoms with van der Waals surface area (Å²) in [5.41, 5.74) is 1.67. The smallest absolute Gasteiger partial charge is 0.321 e. The van der Waals surface area contributed by atoms with Crippen molar-refractivity contribution in [3.05, 3.63) is 78.2 Å². The number of nitrogens with zero attached hydrogens (tertiary/aromatic N) is 3. The van der Waals surface area contributed by atoms with Gasteiger partial charge in [0, 0.05) is 37.9 Å². The molecule has 1 aliphatic heterocycles. The van der Waals surface area contributed by atoms with Crippen LogP contribution in [0.1, 0.15) is 12.8 Å². The number of benzene rings is 2. The molecule has 32 heavy (non-hydrogen) atoms. The van der Waals surface area contributed by atoms with E-state index in [0.717, 1.165) is 37.8 Å². The number of urea groups is 1. The van der Waals surface area contributed by atoms with Gasteiger partial charge in [-0.2, -0.15) is 0 Å². The summed E-state index contributed by atoms with van der Waals surface area (Å²) in [6, 6.07) is 13.1. The van der Waals surface area contributed by atoms with Gasteiger partial charge in [-0.3, -0.25) is 0 Å². The van der Waals surface area contributed by atoms with E-state index in [2.05, 4.69) is 15.2 Å². The molecule has 1 N–H and O–H groups in total. The van der Waals surface area contributed by atoms with Crippen molar-refractivity contribution in [3.8, 4) is 11.1 Å².